The number of hydrogen-bond donors (Lipinski definition) is 2. The molecule has 2 aromatic heterocycles. The van der Waals surface area contributed by atoms with E-state index in [-0.39, 0.29) is 24.6 Å². The summed E-state index contributed by atoms with van der Waals surface area (Å²) < 4.78 is 7.65. The van der Waals surface area contributed by atoms with Crippen LogP contribution in [0.25, 0.3) is 22.1 Å². The molecule has 4 rings (SSSR count). The number of fused-ring (bicyclic) bond motifs is 3. The van der Waals surface area contributed by atoms with Gasteiger partial charge in [0.25, 0.3) is 5.56 Å². The van der Waals surface area contributed by atoms with Crippen LogP contribution in [0, 0.1) is 6.92 Å². The van der Waals surface area contributed by atoms with Gasteiger partial charge in [-0.1, -0.05) is 28.1 Å². The van der Waals surface area contributed by atoms with Crippen LogP contribution in [0.1, 0.15) is 5.56 Å². The number of nitrogens with one attached hydrogen (secondary N) is 2. The van der Waals surface area contributed by atoms with E-state index in [9.17, 15) is 14.4 Å². The molecule has 2 aromatic carbocycles. The van der Waals surface area contributed by atoms with Crippen LogP contribution in [0.15, 0.2) is 62.5 Å². The molecule has 4 aromatic rings. The summed E-state index contributed by atoms with van der Waals surface area (Å²) >= 11 is 3.37. The Balaban J connectivity index is 1.42. The van der Waals surface area contributed by atoms with E-state index in [1.807, 2.05) is 31.2 Å². The Morgan fingerprint density at radius 2 is 1.97 bits per heavy atom. The van der Waals surface area contributed by atoms with E-state index in [1.165, 1.54) is 6.33 Å². The molecular weight excluding hydrogens is 452 g/mol. The van der Waals surface area contributed by atoms with Gasteiger partial charge in [0.1, 0.15) is 17.6 Å². The minimum Gasteiger partial charge on any atom is -0.448 e. The second kappa shape index (κ2) is 8.11. The number of amides is 2. The first kappa shape index (κ1) is 19.8. The molecule has 0 aliphatic rings. The fraction of sp³-hybridized carbons (Fsp3) is 0.143. The number of anilines is 1. The zero-order valence-corrected chi connectivity index (χ0v) is 17.5. The highest BCUT2D eigenvalue weighted by molar-refractivity contribution is 9.10. The summed E-state index contributed by atoms with van der Waals surface area (Å²) in [7, 11) is 0. The highest BCUT2D eigenvalue weighted by Gasteiger charge is 2.15. The van der Waals surface area contributed by atoms with Gasteiger partial charge in [-0.15, -0.1) is 0 Å². The first-order valence-corrected chi connectivity index (χ1v) is 9.91. The van der Waals surface area contributed by atoms with Crippen LogP contribution in [0.3, 0.4) is 0 Å². The molecule has 0 radical (unpaired) electrons. The molecule has 0 unspecified atom stereocenters. The van der Waals surface area contributed by atoms with Crippen molar-refractivity contribution in [2.24, 2.45) is 0 Å². The molecule has 0 saturated heterocycles. The summed E-state index contributed by atoms with van der Waals surface area (Å²) in [6.45, 7) is 1.37. The molecule has 0 saturated carbocycles. The predicted molar refractivity (Wildman–Crippen MR) is 116 cm³/mol. The topological polar surface area (TPSA) is 106 Å². The van der Waals surface area contributed by atoms with Crippen LogP contribution >= 0.6 is 15.9 Å². The lowest BCUT2D eigenvalue weighted by Crippen LogP contribution is -2.37. The van der Waals surface area contributed by atoms with Gasteiger partial charge in [0.2, 0.25) is 17.4 Å². The summed E-state index contributed by atoms with van der Waals surface area (Å²) in [4.78, 5) is 41.2. The third-order valence-corrected chi connectivity index (χ3v) is 5.07. The number of aromatic nitrogens is 2. The van der Waals surface area contributed by atoms with Gasteiger partial charge in [-0.05, 0) is 42.8 Å². The van der Waals surface area contributed by atoms with E-state index in [0.717, 1.165) is 20.0 Å². The molecule has 0 fully saturated rings. The van der Waals surface area contributed by atoms with Crippen molar-refractivity contribution in [3.63, 3.8) is 0 Å². The molecule has 2 heterocycles. The molecule has 0 atom stereocenters. The number of rotatable bonds is 5. The van der Waals surface area contributed by atoms with Crippen molar-refractivity contribution in [1.29, 1.82) is 0 Å². The summed E-state index contributed by atoms with van der Waals surface area (Å²) in [5.74, 6) is -0.857. The van der Waals surface area contributed by atoms with Crippen LogP contribution in [0.5, 0.6) is 0 Å². The maximum absolute atomic E-state index is 12.6. The monoisotopic (exact) mass is 468 g/mol. The number of carbonyl (C=O) groups is 2. The fourth-order valence-electron chi connectivity index (χ4n) is 3.08. The van der Waals surface area contributed by atoms with E-state index in [2.05, 4.69) is 31.5 Å². The molecule has 2 N–H and O–H groups in total. The van der Waals surface area contributed by atoms with Gasteiger partial charge in [0.05, 0.1) is 12.9 Å². The number of halogens is 1. The third-order valence-electron chi connectivity index (χ3n) is 4.57. The Kier molecular flexibility index (Phi) is 5.37. The summed E-state index contributed by atoms with van der Waals surface area (Å²) in [5, 5.41) is 5.98. The number of benzene rings is 2. The second-order valence-corrected chi connectivity index (χ2v) is 7.65. The minimum absolute atomic E-state index is 0.0926. The average Bonchev–Trinajstić information content (AvgIpc) is 3.10. The van der Waals surface area contributed by atoms with Gasteiger partial charge in [0, 0.05) is 15.5 Å². The van der Waals surface area contributed by atoms with Crippen molar-refractivity contribution < 1.29 is 14.0 Å². The Labute approximate surface area is 179 Å². The van der Waals surface area contributed by atoms with Crippen molar-refractivity contribution in [2.45, 2.75) is 13.5 Å². The van der Waals surface area contributed by atoms with E-state index < -0.39 is 11.5 Å². The number of aryl methyl sites for hydroxylation is 1. The Morgan fingerprint density at radius 1 is 1.17 bits per heavy atom. The minimum atomic E-state index is -0.489. The molecular formula is C21H17BrN4O4. The van der Waals surface area contributed by atoms with Crippen LogP contribution in [0.4, 0.5) is 5.69 Å². The summed E-state index contributed by atoms with van der Waals surface area (Å²) in [5.41, 5.74) is 2.20. The van der Waals surface area contributed by atoms with Crippen LogP contribution in [-0.2, 0) is 16.1 Å². The highest BCUT2D eigenvalue weighted by atomic mass is 79.9. The standard InChI is InChI=1S/C21H17BrN4O4/c1-12-8-13(22)6-7-15(12)25-17(27)9-23-18(28)10-26-11-24-19-14-4-2-3-5-16(14)30-20(19)21(26)29/h2-8,11H,9-10H2,1H3,(H,23,28)(H,25,27). The first-order valence-electron chi connectivity index (χ1n) is 9.12. The maximum atomic E-state index is 12.6. The largest absolute Gasteiger partial charge is 0.448 e. The molecule has 30 heavy (non-hydrogen) atoms. The van der Waals surface area contributed by atoms with Crippen LogP contribution in [0.2, 0.25) is 0 Å². The molecule has 0 aliphatic heterocycles. The smallest absolute Gasteiger partial charge is 0.297 e. The van der Waals surface area contributed by atoms with Crippen molar-refractivity contribution in [2.75, 3.05) is 11.9 Å². The number of nitrogens with zero attached hydrogens (tertiary/aromatic N) is 2. The van der Waals surface area contributed by atoms with Gasteiger partial charge < -0.3 is 15.1 Å². The van der Waals surface area contributed by atoms with E-state index >= 15 is 0 Å². The van der Waals surface area contributed by atoms with Crippen molar-refractivity contribution in [3.8, 4) is 0 Å². The molecule has 2 amide bonds. The zero-order chi connectivity index (χ0) is 21.3. The van der Waals surface area contributed by atoms with Gasteiger partial charge in [0.15, 0.2) is 0 Å². The van der Waals surface area contributed by atoms with Gasteiger partial charge in [-0.2, -0.15) is 0 Å². The Morgan fingerprint density at radius 3 is 2.77 bits per heavy atom. The first-order chi connectivity index (χ1) is 14.4. The number of carbonyl (C=O) groups excluding carboxylic acids is 2. The lowest BCUT2D eigenvalue weighted by atomic mass is 10.2. The SMILES string of the molecule is Cc1cc(Br)ccc1NC(=O)CNC(=O)Cn1cnc2c(oc3ccccc32)c1=O. The average molecular weight is 469 g/mol. The molecule has 9 heteroatoms. The normalized spacial score (nSPS) is 11.0. The maximum Gasteiger partial charge on any atom is 0.297 e. The number of furan rings is 1. The quantitative estimate of drug-likeness (QED) is 0.468. The Hall–Kier alpha value is -3.46. The van der Waals surface area contributed by atoms with Crippen molar-refractivity contribution >= 4 is 55.5 Å². The van der Waals surface area contributed by atoms with E-state index in [1.54, 1.807) is 18.2 Å². The number of para-hydroxylation sites is 1. The van der Waals surface area contributed by atoms with Gasteiger partial charge in [-0.3, -0.25) is 19.0 Å². The molecule has 152 valence electrons. The summed E-state index contributed by atoms with van der Waals surface area (Å²) in [6.07, 6.45) is 1.30. The van der Waals surface area contributed by atoms with E-state index in [4.69, 9.17) is 4.42 Å². The van der Waals surface area contributed by atoms with Crippen molar-refractivity contribution in [3.05, 3.63) is 69.2 Å². The second-order valence-electron chi connectivity index (χ2n) is 6.74. The van der Waals surface area contributed by atoms with Crippen molar-refractivity contribution in [1.82, 2.24) is 14.9 Å². The Bertz CT molecular complexity index is 1340. The molecule has 0 bridgehead atoms. The lowest BCUT2D eigenvalue weighted by Gasteiger charge is -2.10. The highest BCUT2D eigenvalue weighted by Crippen LogP contribution is 2.24. The third kappa shape index (κ3) is 3.97. The van der Waals surface area contributed by atoms with Crippen LogP contribution < -0.4 is 16.2 Å². The lowest BCUT2D eigenvalue weighted by molar-refractivity contribution is -0.124. The summed E-state index contributed by atoms with van der Waals surface area (Å²) in [6, 6.07) is 12.7. The molecule has 8 nitrogen and oxygen atoms in total. The van der Waals surface area contributed by atoms with Gasteiger partial charge >= 0.3 is 0 Å². The van der Waals surface area contributed by atoms with Crippen LogP contribution in [-0.4, -0.2) is 27.9 Å². The fourth-order valence-corrected chi connectivity index (χ4v) is 3.55. The van der Waals surface area contributed by atoms with Gasteiger partial charge in [-0.25, -0.2) is 4.98 Å². The zero-order valence-electron chi connectivity index (χ0n) is 15.9. The molecule has 0 aliphatic carbocycles. The molecule has 0 spiro atoms. The predicted octanol–water partition coefficient (Wildman–Crippen LogP) is 2.97. The number of hydrogen-bond acceptors (Lipinski definition) is 5. The van der Waals surface area contributed by atoms with E-state index in [0.29, 0.717) is 16.8 Å².